The molecule has 19 heavy (non-hydrogen) atoms. The minimum Gasteiger partial charge on any atom is -0.354 e. The van der Waals surface area contributed by atoms with Crippen LogP contribution in [0.25, 0.3) is 0 Å². The molecule has 1 amide bonds. The van der Waals surface area contributed by atoms with Crippen molar-refractivity contribution in [2.75, 3.05) is 19.6 Å². The van der Waals surface area contributed by atoms with Gasteiger partial charge in [-0.1, -0.05) is 52.0 Å². The molecule has 3 heteroatoms. The number of amides is 1. The standard InChI is InChI=1S/C16H26N2O/c1-5-13-7-9-14(10-8-13)16(3,4)12-18-15(19)11-17-6-2/h7-10,17H,5-6,11-12H2,1-4H3,(H,18,19). The first-order valence-corrected chi connectivity index (χ1v) is 7.06. The molecule has 0 aliphatic heterocycles. The summed E-state index contributed by atoms with van der Waals surface area (Å²) in [5.74, 6) is 0.0557. The Labute approximate surface area is 116 Å². The van der Waals surface area contributed by atoms with Crippen LogP contribution < -0.4 is 10.6 Å². The Hall–Kier alpha value is -1.35. The number of rotatable bonds is 7. The molecule has 106 valence electrons. The van der Waals surface area contributed by atoms with Crippen LogP contribution >= 0.6 is 0 Å². The van der Waals surface area contributed by atoms with Crippen LogP contribution in [0.2, 0.25) is 0 Å². The lowest BCUT2D eigenvalue weighted by Crippen LogP contribution is -2.40. The Morgan fingerprint density at radius 1 is 1.16 bits per heavy atom. The lowest BCUT2D eigenvalue weighted by Gasteiger charge is -2.26. The van der Waals surface area contributed by atoms with Crippen LogP contribution in [0.3, 0.4) is 0 Å². The average molecular weight is 262 g/mol. The lowest BCUT2D eigenvalue weighted by atomic mass is 9.84. The molecule has 0 saturated heterocycles. The summed E-state index contributed by atoms with van der Waals surface area (Å²) in [5.41, 5.74) is 2.55. The van der Waals surface area contributed by atoms with Gasteiger partial charge < -0.3 is 10.6 Å². The molecule has 1 rings (SSSR count). The molecule has 3 nitrogen and oxygen atoms in total. The van der Waals surface area contributed by atoms with E-state index in [1.54, 1.807) is 0 Å². The quantitative estimate of drug-likeness (QED) is 0.791. The summed E-state index contributed by atoms with van der Waals surface area (Å²) in [6.07, 6.45) is 1.06. The summed E-state index contributed by atoms with van der Waals surface area (Å²) in [6, 6.07) is 8.65. The third-order valence-corrected chi connectivity index (χ3v) is 3.41. The zero-order valence-corrected chi connectivity index (χ0v) is 12.5. The fourth-order valence-electron chi connectivity index (χ4n) is 1.91. The van der Waals surface area contributed by atoms with Crippen molar-refractivity contribution in [3.8, 4) is 0 Å². The van der Waals surface area contributed by atoms with E-state index < -0.39 is 0 Å². The van der Waals surface area contributed by atoms with Crippen LogP contribution in [-0.4, -0.2) is 25.5 Å². The van der Waals surface area contributed by atoms with Crippen molar-refractivity contribution in [3.05, 3.63) is 35.4 Å². The van der Waals surface area contributed by atoms with Crippen LogP contribution in [-0.2, 0) is 16.6 Å². The van der Waals surface area contributed by atoms with Gasteiger partial charge in [0.25, 0.3) is 0 Å². The molecule has 0 unspecified atom stereocenters. The van der Waals surface area contributed by atoms with Gasteiger partial charge in [0.05, 0.1) is 6.54 Å². The molecule has 0 atom stereocenters. The second-order valence-corrected chi connectivity index (χ2v) is 5.49. The van der Waals surface area contributed by atoms with Gasteiger partial charge in [0.1, 0.15) is 0 Å². The molecule has 2 N–H and O–H groups in total. The van der Waals surface area contributed by atoms with Gasteiger partial charge >= 0.3 is 0 Å². The summed E-state index contributed by atoms with van der Waals surface area (Å²) >= 11 is 0. The molecule has 0 heterocycles. The van der Waals surface area contributed by atoms with Crippen molar-refractivity contribution in [1.82, 2.24) is 10.6 Å². The lowest BCUT2D eigenvalue weighted by molar-refractivity contribution is -0.120. The number of benzene rings is 1. The van der Waals surface area contributed by atoms with Crippen LogP contribution in [0.4, 0.5) is 0 Å². The predicted octanol–water partition coefficient (Wildman–Crippen LogP) is 2.25. The predicted molar refractivity (Wildman–Crippen MR) is 80.4 cm³/mol. The Morgan fingerprint density at radius 3 is 2.32 bits per heavy atom. The second kappa shape index (κ2) is 7.29. The highest BCUT2D eigenvalue weighted by atomic mass is 16.1. The minimum absolute atomic E-state index is 0.0475. The Kier molecular flexibility index (Phi) is 6.03. The van der Waals surface area contributed by atoms with Crippen molar-refractivity contribution < 1.29 is 4.79 Å². The molecular formula is C16H26N2O. The summed E-state index contributed by atoms with van der Waals surface area (Å²) in [7, 11) is 0. The topological polar surface area (TPSA) is 41.1 Å². The SMILES string of the molecule is CCNCC(=O)NCC(C)(C)c1ccc(CC)cc1. The third kappa shape index (κ3) is 5.03. The van der Waals surface area contributed by atoms with Crippen LogP contribution in [0.1, 0.15) is 38.8 Å². The smallest absolute Gasteiger partial charge is 0.233 e. The summed E-state index contributed by atoms with van der Waals surface area (Å²) < 4.78 is 0. The second-order valence-electron chi connectivity index (χ2n) is 5.49. The molecule has 0 spiro atoms. The molecule has 0 aliphatic rings. The number of carbonyl (C=O) groups is 1. The van der Waals surface area contributed by atoms with Gasteiger partial charge in [0, 0.05) is 12.0 Å². The molecule has 0 saturated carbocycles. The Bertz CT molecular complexity index is 396. The zero-order valence-electron chi connectivity index (χ0n) is 12.5. The molecule has 0 radical (unpaired) electrons. The normalized spacial score (nSPS) is 11.4. The molecule has 0 aliphatic carbocycles. The maximum atomic E-state index is 11.6. The van der Waals surface area contributed by atoms with Gasteiger partial charge in [-0.05, 0) is 24.1 Å². The van der Waals surface area contributed by atoms with E-state index in [1.807, 2.05) is 6.92 Å². The van der Waals surface area contributed by atoms with Gasteiger partial charge in [-0.3, -0.25) is 4.79 Å². The van der Waals surface area contributed by atoms with E-state index in [2.05, 4.69) is 55.7 Å². The highest BCUT2D eigenvalue weighted by Gasteiger charge is 2.21. The first-order chi connectivity index (χ1) is 8.99. The maximum absolute atomic E-state index is 11.6. The number of nitrogens with one attached hydrogen (secondary N) is 2. The van der Waals surface area contributed by atoms with Crippen LogP contribution in [0.5, 0.6) is 0 Å². The number of hydrogen-bond donors (Lipinski definition) is 2. The molecule has 0 bridgehead atoms. The van der Waals surface area contributed by atoms with Crippen molar-refractivity contribution >= 4 is 5.91 Å². The summed E-state index contributed by atoms with van der Waals surface area (Å²) in [5, 5.41) is 6.01. The van der Waals surface area contributed by atoms with E-state index in [9.17, 15) is 4.79 Å². The first-order valence-electron chi connectivity index (χ1n) is 7.06. The summed E-state index contributed by atoms with van der Waals surface area (Å²) in [4.78, 5) is 11.6. The van der Waals surface area contributed by atoms with E-state index in [0.29, 0.717) is 13.1 Å². The largest absolute Gasteiger partial charge is 0.354 e. The number of likely N-dealkylation sites (N-methyl/N-ethyl adjacent to an activating group) is 1. The monoisotopic (exact) mass is 262 g/mol. The Balaban J connectivity index is 2.56. The third-order valence-electron chi connectivity index (χ3n) is 3.41. The number of carbonyl (C=O) groups excluding carboxylic acids is 1. The molecule has 0 fully saturated rings. The average Bonchev–Trinajstić information content (AvgIpc) is 2.43. The van der Waals surface area contributed by atoms with E-state index in [-0.39, 0.29) is 11.3 Å². The maximum Gasteiger partial charge on any atom is 0.233 e. The summed E-state index contributed by atoms with van der Waals surface area (Å²) in [6.45, 7) is 10.3. The van der Waals surface area contributed by atoms with Gasteiger partial charge in [0.2, 0.25) is 5.91 Å². The van der Waals surface area contributed by atoms with Gasteiger partial charge in [-0.15, -0.1) is 0 Å². The van der Waals surface area contributed by atoms with Gasteiger partial charge in [0.15, 0.2) is 0 Å². The zero-order chi connectivity index (χ0) is 14.3. The fraction of sp³-hybridized carbons (Fsp3) is 0.562. The van der Waals surface area contributed by atoms with Crippen molar-refractivity contribution in [1.29, 1.82) is 0 Å². The highest BCUT2D eigenvalue weighted by molar-refractivity contribution is 5.78. The highest BCUT2D eigenvalue weighted by Crippen LogP contribution is 2.22. The minimum atomic E-state index is -0.0475. The van der Waals surface area contributed by atoms with E-state index in [0.717, 1.165) is 13.0 Å². The fourth-order valence-corrected chi connectivity index (χ4v) is 1.91. The van der Waals surface area contributed by atoms with Crippen molar-refractivity contribution in [2.45, 2.75) is 39.5 Å². The Morgan fingerprint density at radius 2 is 1.79 bits per heavy atom. The first kappa shape index (κ1) is 15.7. The van der Waals surface area contributed by atoms with Gasteiger partial charge in [-0.2, -0.15) is 0 Å². The molecule has 1 aromatic carbocycles. The van der Waals surface area contributed by atoms with Crippen LogP contribution in [0, 0.1) is 0 Å². The van der Waals surface area contributed by atoms with E-state index in [4.69, 9.17) is 0 Å². The van der Waals surface area contributed by atoms with Crippen molar-refractivity contribution in [2.24, 2.45) is 0 Å². The van der Waals surface area contributed by atoms with Gasteiger partial charge in [-0.25, -0.2) is 0 Å². The molecule has 0 aromatic heterocycles. The number of hydrogen-bond acceptors (Lipinski definition) is 2. The molecule has 1 aromatic rings. The number of aryl methyl sites for hydroxylation is 1. The van der Waals surface area contributed by atoms with E-state index in [1.165, 1.54) is 11.1 Å². The van der Waals surface area contributed by atoms with Crippen LogP contribution in [0.15, 0.2) is 24.3 Å². The molecular weight excluding hydrogens is 236 g/mol. The van der Waals surface area contributed by atoms with E-state index >= 15 is 0 Å². The van der Waals surface area contributed by atoms with Crippen molar-refractivity contribution in [3.63, 3.8) is 0 Å².